The highest BCUT2D eigenvalue weighted by Gasteiger charge is 2.23. The summed E-state index contributed by atoms with van der Waals surface area (Å²) in [6.45, 7) is 2.80. The maximum absolute atomic E-state index is 12.4. The molecule has 0 saturated carbocycles. The van der Waals surface area contributed by atoms with Crippen LogP contribution in [0.25, 0.3) is 10.9 Å². The third-order valence-corrected chi connectivity index (χ3v) is 4.91. The van der Waals surface area contributed by atoms with Crippen LogP contribution < -0.4 is 10.0 Å². The summed E-state index contributed by atoms with van der Waals surface area (Å²) < 4.78 is 29.3. The highest BCUT2D eigenvalue weighted by molar-refractivity contribution is 7.89. The van der Waals surface area contributed by atoms with Crippen LogP contribution in [0.15, 0.2) is 29.2 Å². The van der Waals surface area contributed by atoms with Crippen LogP contribution >= 0.6 is 0 Å². The third kappa shape index (κ3) is 2.51. The molecule has 0 unspecified atom stereocenters. The van der Waals surface area contributed by atoms with Gasteiger partial charge in [0.15, 0.2) is 0 Å². The molecule has 2 aromatic rings. The van der Waals surface area contributed by atoms with Gasteiger partial charge in [-0.3, -0.25) is 0 Å². The number of rotatable bonds is 5. The second-order valence-electron chi connectivity index (χ2n) is 4.49. The number of benzene rings is 1. The van der Waals surface area contributed by atoms with Gasteiger partial charge in [-0.15, -0.1) is 0 Å². The normalized spacial score (nSPS) is 12.2. The van der Waals surface area contributed by atoms with Crippen LogP contribution in [0.2, 0.25) is 0 Å². The molecule has 6 heteroatoms. The van der Waals surface area contributed by atoms with Crippen LogP contribution in [-0.4, -0.2) is 33.1 Å². The van der Waals surface area contributed by atoms with Crippen molar-refractivity contribution in [3.8, 4) is 0 Å². The van der Waals surface area contributed by atoms with Crippen LogP contribution in [0.5, 0.6) is 0 Å². The standard InChI is InChI=1S/C13H19N3O2S/c1-10-13(19(17,18)15-9-8-14-2)11-6-4-5-7-12(11)16(10)3/h4-7,14-15H,8-9H2,1-3H3. The number of hydrogen-bond acceptors (Lipinski definition) is 3. The number of nitrogens with zero attached hydrogens (tertiary/aromatic N) is 1. The van der Waals surface area contributed by atoms with Crippen molar-refractivity contribution < 1.29 is 8.42 Å². The Morgan fingerprint density at radius 1 is 1.21 bits per heavy atom. The molecule has 0 fully saturated rings. The third-order valence-electron chi connectivity index (χ3n) is 3.28. The number of nitrogens with one attached hydrogen (secondary N) is 2. The molecule has 2 N–H and O–H groups in total. The van der Waals surface area contributed by atoms with Gasteiger partial charge in [0.2, 0.25) is 10.0 Å². The van der Waals surface area contributed by atoms with Crippen LogP contribution in [0.4, 0.5) is 0 Å². The molecule has 0 aliphatic carbocycles. The van der Waals surface area contributed by atoms with Gasteiger partial charge in [0, 0.05) is 36.7 Å². The van der Waals surface area contributed by atoms with Crippen molar-refractivity contribution in [2.45, 2.75) is 11.8 Å². The summed E-state index contributed by atoms with van der Waals surface area (Å²) in [7, 11) is 0.189. The van der Waals surface area contributed by atoms with Crippen LogP contribution in [0, 0.1) is 6.92 Å². The Labute approximate surface area is 113 Å². The second kappa shape index (κ2) is 5.32. The van der Waals surface area contributed by atoms with E-state index >= 15 is 0 Å². The van der Waals surface area contributed by atoms with Gasteiger partial charge < -0.3 is 9.88 Å². The van der Waals surface area contributed by atoms with E-state index in [1.165, 1.54) is 0 Å². The van der Waals surface area contributed by atoms with Crippen molar-refractivity contribution in [1.29, 1.82) is 0 Å². The number of hydrogen-bond donors (Lipinski definition) is 2. The molecule has 0 radical (unpaired) electrons. The molecule has 0 bridgehead atoms. The maximum atomic E-state index is 12.4. The van der Waals surface area contributed by atoms with Gasteiger partial charge in [-0.05, 0) is 20.0 Å². The van der Waals surface area contributed by atoms with Crippen molar-refractivity contribution in [2.75, 3.05) is 20.1 Å². The zero-order valence-electron chi connectivity index (χ0n) is 11.4. The number of sulfonamides is 1. The van der Waals surface area contributed by atoms with E-state index in [4.69, 9.17) is 0 Å². The highest BCUT2D eigenvalue weighted by atomic mass is 32.2. The SMILES string of the molecule is CNCCNS(=O)(=O)c1c(C)n(C)c2ccccc12. The van der Waals surface area contributed by atoms with E-state index in [1.54, 1.807) is 7.05 Å². The van der Waals surface area contributed by atoms with Crippen molar-refractivity contribution in [3.63, 3.8) is 0 Å². The molecule has 1 aromatic carbocycles. The molecular formula is C13H19N3O2S. The molecule has 104 valence electrons. The lowest BCUT2D eigenvalue weighted by molar-refractivity contribution is 0.579. The largest absolute Gasteiger partial charge is 0.347 e. The average molecular weight is 281 g/mol. The minimum Gasteiger partial charge on any atom is -0.347 e. The number of aryl methyl sites for hydroxylation is 1. The Hall–Kier alpha value is -1.37. The summed E-state index contributed by atoms with van der Waals surface area (Å²) >= 11 is 0. The quantitative estimate of drug-likeness (QED) is 0.803. The maximum Gasteiger partial charge on any atom is 0.243 e. The molecule has 5 nitrogen and oxygen atoms in total. The first-order valence-electron chi connectivity index (χ1n) is 6.17. The monoisotopic (exact) mass is 281 g/mol. The average Bonchev–Trinajstić information content (AvgIpc) is 2.63. The van der Waals surface area contributed by atoms with Gasteiger partial charge in [0.05, 0.1) is 0 Å². The highest BCUT2D eigenvalue weighted by Crippen LogP contribution is 2.28. The van der Waals surface area contributed by atoms with Crippen molar-refractivity contribution in [1.82, 2.24) is 14.6 Å². The lowest BCUT2D eigenvalue weighted by Crippen LogP contribution is -2.30. The lowest BCUT2D eigenvalue weighted by atomic mass is 10.2. The summed E-state index contributed by atoms with van der Waals surface area (Å²) in [6, 6.07) is 7.53. The zero-order chi connectivity index (χ0) is 14.0. The van der Waals surface area contributed by atoms with Crippen molar-refractivity contribution >= 4 is 20.9 Å². The second-order valence-corrected chi connectivity index (χ2v) is 6.20. The Kier molecular flexibility index (Phi) is 3.93. The summed E-state index contributed by atoms with van der Waals surface area (Å²) in [5, 5.41) is 3.68. The summed E-state index contributed by atoms with van der Waals surface area (Å²) in [6.07, 6.45) is 0. The number of likely N-dealkylation sites (N-methyl/N-ethyl adjacent to an activating group) is 1. The number of fused-ring (bicyclic) bond motifs is 1. The molecular weight excluding hydrogens is 262 g/mol. The molecule has 1 aromatic heterocycles. The first-order valence-corrected chi connectivity index (χ1v) is 7.65. The molecule has 0 saturated heterocycles. The van der Waals surface area contributed by atoms with Gasteiger partial charge in [-0.1, -0.05) is 18.2 Å². The van der Waals surface area contributed by atoms with E-state index in [1.807, 2.05) is 42.8 Å². The van der Waals surface area contributed by atoms with E-state index in [2.05, 4.69) is 10.0 Å². The van der Waals surface area contributed by atoms with Crippen LogP contribution in [-0.2, 0) is 17.1 Å². The molecule has 0 aliphatic heterocycles. The zero-order valence-corrected chi connectivity index (χ0v) is 12.2. The smallest absolute Gasteiger partial charge is 0.243 e. The fourth-order valence-corrected chi connectivity index (χ4v) is 3.71. The topological polar surface area (TPSA) is 63.1 Å². The minimum absolute atomic E-state index is 0.376. The Morgan fingerprint density at radius 3 is 2.58 bits per heavy atom. The van der Waals surface area contributed by atoms with Gasteiger partial charge >= 0.3 is 0 Å². The molecule has 0 amide bonds. The van der Waals surface area contributed by atoms with Gasteiger partial charge in [-0.2, -0.15) is 0 Å². The molecule has 0 aliphatic rings. The molecule has 0 spiro atoms. The van der Waals surface area contributed by atoms with Gasteiger partial charge in [0.25, 0.3) is 0 Å². The van der Waals surface area contributed by atoms with Crippen LogP contribution in [0.1, 0.15) is 5.69 Å². The lowest BCUT2D eigenvalue weighted by Gasteiger charge is -2.07. The first kappa shape index (κ1) is 14.0. The summed E-state index contributed by atoms with van der Waals surface area (Å²) in [5.74, 6) is 0. The summed E-state index contributed by atoms with van der Waals surface area (Å²) in [5.41, 5.74) is 1.67. The van der Waals surface area contributed by atoms with E-state index < -0.39 is 10.0 Å². The van der Waals surface area contributed by atoms with E-state index in [0.717, 1.165) is 16.6 Å². The predicted octanol–water partition coefficient (Wildman–Crippen LogP) is 0.984. The molecule has 2 rings (SSSR count). The Bertz CT molecular complexity index is 689. The van der Waals surface area contributed by atoms with Crippen molar-refractivity contribution in [3.05, 3.63) is 30.0 Å². The number of aromatic nitrogens is 1. The Morgan fingerprint density at radius 2 is 1.89 bits per heavy atom. The van der Waals surface area contributed by atoms with Gasteiger partial charge in [-0.25, -0.2) is 13.1 Å². The summed E-state index contributed by atoms with van der Waals surface area (Å²) in [4.78, 5) is 0.377. The van der Waals surface area contributed by atoms with Crippen molar-refractivity contribution in [2.24, 2.45) is 7.05 Å². The molecule has 0 atom stereocenters. The molecule has 19 heavy (non-hydrogen) atoms. The predicted molar refractivity (Wildman–Crippen MR) is 76.8 cm³/mol. The first-order chi connectivity index (χ1) is 8.99. The van der Waals surface area contributed by atoms with E-state index in [-0.39, 0.29) is 0 Å². The van der Waals surface area contributed by atoms with Gasteiger partial charge in [0.1, 0.15) is 4.90 Å². The van der Waals surface area contributed by atoms with E-state index in [0.29, 0.717) is 18.0 Å². The van der Waals surface area contributed by atoms with E-state index in [9.17, 15) is 8.42 Å². The fraction of sp³-hybridized carbons (Fsp3) is 0.385. The Balaban J connectivity index is 2.53. The number of para-hydroxylation sites is 1. The molecule has 1 heterocycles. The van der Waals surface area contributed by atoms with Crippen LogP contribution in [0.3, 0.4) is 0 Å². The fourth-order valence-electron chi connectivity index (χ4n) is 2.21. The minimum atomic E-state index is -3.48.